The fourth-order valence-corrected chi connectivity index (χ4v) is 7.51. The van der Waals surface area contributed by atoms with Crippen LogP contribution in [0.4, 0.5) is 0 Å². The lowest BCUT2D eigenvalue weighted by Crippen LogP contribution is -2.58. The molecule has 0 saturated carbocycles. The summed E-state index contributed by atoms with van der Waals surface area (Å²) in [4.78, 5) is 61.0. The van der Waals surface area contributed by atoms with Gasteiger partial charge in [-0.05, 0) is 69.0 Å². The number of thiazole rings is 1. The number of hydrogen-bond donors (Lipinski definition) is 3. The van der Waals surface area contributed by atoms with Crippen molar-refractivity contribution in [2.45, 2.75) is 123 Å². The molecule has 10 nitrogen and oxygen atoms in total. The van der Waals surface area contributed by atoms with Gasteiger partial charge in [-0.1, -0.05) is 84.7 Å². The third kappa shape index (κ3) is 12.2. The molecule has 1 aromatic heterocycles. The van der Waals surface area contributed by atoms with Crippen molar-refractivity contribution < 1.29 is 24.3 Å². The molecule has 0 bridgehead atoms. The molecular formula is C38H59N5O5S. The molecule has 1 fully saturated rings. The molecule has 3 amide bonds. The minimum absolute atomic E-state index is 0.0469. The number of likely N-dealkylation sites (N-methyl/N-ethyl adjacent to an activating group) is 1. The molecule has 2 heterocycles. The van der Waals surface area contributed by atoms with Crippen LogP contribution in [0.15, 0.2) is 35.7 Å². The lowest BCUT2D eigenvalue weighted by Gasteiger charge is -2.38. The first-order valence-corrected chi connectivity index (χ1v) is 19.0. The standard InChI is InChI=1S/C38H59N5O5S/c1-8-9-20-43-21-14-13-17-32(43)36(45)41-34(26(4)5)37(46)42(7)31(25(2)3)18-19-33-40-30(24-49-33)35(44)39-29(22-27(6)38(47)48)23-28-15-11-10-12-16-28/h10-12,15-16,24-27,29,31-32,34H,8-9,13-14,17-23H2,1-7H3,(H,39,44)(H,41,45)(H,47,48)/t27-,29+,31+,32+,34-/m0/s1. The number of hydrogen-bond acceptors (Lipinski definition) is 7. The molecule has 1 saturated heterocycles. The number of likely N-dealkylation sites (tertiary alicyclic amines) is 1. The van der Waals surface area contributed by atoms with Crippen molar-refractivity contribution in [3.8, 4) is 0 Å². The Hall–Kier alpha value is -3.31. The Kier molecular flexibility index (Phi) is 16.2. The van der Waals surface area contributed by atoms with Gasteiger partial charge in [0.2, 0.25) is 11.8 Å². The molecule has 49 heavy (non-hydrogen) atoms. The molecule has 272 valence electrons. The van der Waals surface area contributed by atoms with Gasteiger partial charge in [-0.15, -0.1) is 11.3 Å². The average Bonchev–Trinajstić information content (AvgIpc) is 3.55. The molecule has 0 aliphatic carbocycles. The largest absolute Gasteiger partial charge is 0.481 e. The average molecular weight is 698 g/mol. The first-order chi connectivity index (χ1) is 23.3. The number of aliphatic carboxylic acids is 1. The molecular weight excluding hydrogens is 639 g/mol. The van der Waals surface area contributed by atoms with Gasteiger partial charge in [-0.2, -0.15) is 0 Å². The van der Waals surface area contributed by atoms with Crippen LogP contribution in [0.1, 0.15) is 108 Å². The third-order valence-electron chi connectivity index (χ3n) is 9.72. The topological polar surface area (TPSA) is 132 Å². The summed E-state index contributed by atoms with van der Waals surface area (Å²) >= 11 is 1.41. The Labute approximate surface area is 297 Å². The van der Waals surface area contributed by atoms with Crippen molar-refractivity contribution in [1.82, 2.24) is 25.4 Å². The zero-order valence-electron chi connectivity index (χ0n) is 30.6. The highest BCUT2D eigenvalue weighted by atomic mass is 32.1. The van der Waals surface area contributed by atoms with Gasteiger partial charge < -0.3 is 20.6 Å². The molecule has 2 aromatic rings. The first-order valence-electron chi connectivity index (χ1n) is 18.1. The van der Waals surface area contributed by atoms with E-state index in [1.54, 1.807) is 17.2 Å². The van der Waals surface area contributed by atoms with Gasteiger partial charge in [0.1, 0.15) is 11.7 Å². The number of nitrogens with one attached hydrogen (secondary N) is 2. The number of aryl methyl sites for hydroxylation is 1. The number of rotatable bonds is 19. The van der Waals surface area contributed by atoms with Crippen LogP contribution in [-0.2, 0) is 27.2 Å². The van der Waals surface area contributed by atoms with Crippen molar-refractivity contribution in [2.24, 2.45) is 17.8 Å². The molecule has 3 N–H and O–H groups in total. The number of carboxylic acids is 1. The Morgan fingerprint density at radius 3 is 2.39 bits per heavy atom. The summed E-state index contributed by atoms with van der Waals surface area (Å²) in [6.45, 7) is 13.8. The van der Waals surface area contributed by atoms with E-state index in [0.717, 1.165) is 55.8 Å². The molecule has 5 atom stereocenters. The van der Waals surface area contributed by atoms with E-state index >= 15 is 0 Å². The van der Waals surface area contributed by atoms with E-state index in [9.17, 15) is 24.3 Å². The van der Waals surface area contributed by atoms with Crippen LogP contribution in [0.2, 0.25) is 0 Å². The van der Waals surface area contributed by atoms with Crippen molar-refractivity contribution in [2.75, 3.05) is 20.1 Å². The van der Waals surface area contributed by atoms with Crippen LogP contribution in [0.5, 0.6) is 0 Å². The normalized spacial score (nSPS) is 17.7. The molecule has 1 aromatic carbocycles. The van der Waals surface area contributed by atoms with Crippen LogP contribution in [0, 0.1) is 17.8 Å². The monoisotopic (exact) mass is 697 g/mol. The maximum atomic E-state index is 14.0. The van der Waals surface area contributed by atoms with Gasteiger partial charge in [-0.25, -0.2) is 4.98 Å². The van der Waals surface area contributed by atoms with E-state index < -0.39 is 17.9 Å². The zero-order chi connectivity index (χ0) is 36.1. The zero-order valence-corrected chi connectivity index (χ0v) is 31.4. The summed E-state index contributed by atoms with van der Waals surface area (Å²) in [5.74, 6) is -1.86. The highest BCUT2D eigenvalue weighted by Gasteiger charge is 2.35. The Morgan fingerprint density at radius 1 is 1.04 bits per heavy atom. The number of aromatic nitrogens is 1. The summed E-state index contributed by atoms with van der Waals surface area (Å²) in [6.07, 6.45) is 7.16. The van der Waals surface area contributed by atoms with Crippen LogP contribution in [-0.4, -0.2) is 87.9 Å². The van der Waals surface area contributed by atoms with Gasteiger partial charge in [-0.3, -0.25) is 24.1 Å². The number of carbonyl (C=O) groups is 4. The fourth-order valence-electron chi connectivity index (χ4n) is 6.72. The Bertz CT molecular complexity index is 1350. The lowest BCUT2D eigenvalue weighted by atomic mass is 9.94. The Morgan fingerprint density at radius 2 is 1.76 bits per heavy atom. The summed E-state index contributed by atoms with van der Waals surface area (Å²) in [6, 6.07) is 8.46. The predicted molar refractivity (Wildman–Crippen MR) is 196 cm³/mol. The number of unbranched alkanes of at least 4 members (excludes halogenated alkanes) is 1. The van der Waals surface area contributed by atoms with E-state index in [4.69, 9.17) is 0 Å². The fraction of sp³-hybridized carbons (Fsp3) is 0.658. The molecule has 0 spiro atoms. The predicted octanol–water partition coefficient (Wildman–Crippen LogP) is 5.81. The van der Waals surface area contributed by atoms with Crippen LogP contribution >= 0.6 is 11.3 Å². The Balaban J connectivity index is 1.64. The number of piperidine rings is 1. The summed E-state index contributed by atoms with van der Waals surface area (Å²) in [5.41, 5.74) is 1.33. The first kappa shape index (κ1) is 40.1. The van der Waals surface area contributed by atoms with E-state index in [-0.39, 0.29) is 47.7 Å². The van der Waals surface area contributed by atoms with Gasteiger partial charge in [0.05, 0.1) is 17.0 Å². The second kappa shape index (κ2) is 19.8. The van der Waals surface area contributed by atoms with Gasteiger partial charge in [0.25, 0.3) is 5.91 Å². The number of benzene rings is 1. The number of nitrogens with zero attached hydrogens (tertiary/aromatic N) is 3. The van der Waals surface area contributed by atoms with Crippen LogP contribution in [0.3, 0.4) is 0 Å². The second-order valence-electron chi connectivity index (χ2n) is 14.4. The number of carbonyl (C=O) groups excluding carboxylic acids is 3. The van der Waals surface area contributed by atoms with Crippen molar-refractivity contribution >= 4 is 35.0 Å². The molecule has 11 heteroatoms. The quantitative estimate of drug-likeness (QED) is 0.169. The van der Waals surface area contributed by atoms with Crippen molar-refractivity contribution in [3.63, 3.8) is 0 Å². The number of amides is 3. The van der Waals surface area contributed by atoms with Crippen LogP contribution in [0.25, 0.3) is 0 Å². The summed E-state index contributed by atoms with van der Waals surface area (Å²) in [7, 11) is 1.83. The molecule has 1 aliphatic rings. The molecule has 3 rings (SSSR count). The SMILES string of the molecule is CCCCN1CCCC[C@@H]1C(=O)N[C@H](C(=O)N(C)[C@H](CCc1nc(C(=O)N[C@@H](Cc2ccccc2)C[C@H](C)C(=O)O)cs1)C(C)C)C(C)C. The third-order valence-corrected chi connectivity index (χ3v) is 10.6. The molecule has 1 aliphatic heterocycles. The smallest absolute Gasteiger partial charge is 0.306 e. The van der Waals surface area contributed by atoms with Crippen LogP contribution < -0.4 is 10.6 Å². The summed E-state index contributed by atoms with van der Waals surface area (Å²) in [5, 5.41) is 18.2. The van der Waals surface area contributed by atoms with E-state index in [1.165, 1.54) is 11.3 Å². The maximum Gasteiger partial charge on any atom is 0.306 e. The maximum absolute atomic E-state index is 14.0. The van der Waals surface area contributed by atoms with E-state index in [1.807, 2.05) is 51.2 Å². The van der Waals surface area contributed by atoms with Gasteiger partial charge in [0.15, 0.2) is 0 Å². The van der Waals surface area contributed by atoms with E-state index in [2.05, 4.69) is 41.3 Å². The lowest BCUT2D eigenvalue weighted by molar-refractivity contribution is -0.141. The highest BCUT2D eigenvalue weighted by molar-refractivity contribution is 7.09. The van der Waals surface area contributed by atoms with Crippen molar-refractivity contribution in [1.29, 1.82) is 0 Å². The van der Waals surface area contributed by atoms with Gasteiger partial charge >= 0.3 is 5.97 Å². The summed E-state index contributed by atoms with van der Waals surface area (Å²) < 4.78 is 0. The van der Waals surface area contributed by atoms with Crippen molar-refractivity contribution in [3.05, 3.63) is 52.0 Å². The highest BCUT2D eigenvalue weighted by Crippen LogP contribution is 2.23. The van der Waals surface area contributed by atoms with Gasteiger partial charge in [0, 0.05) is 30.9 Å². The van der Waals surface area contributed by atoms with E-state index in [0.29, 0.717) is 31.4 Å². The minimum Gasteiger partial charge on any atom is -0.481 e. The number of carboxylic acid groups (broad SMARTS) is 1. The second-order valence-corrected chi connectivity index (χ2v) is 15.3. The molecule has 0 unspecified atom stereocenters. The molecule has 0 radical (unpaired) electrons. The minimum atomic E-state index is -0.896.